The normalized spacial score (nSPS) is 22.1. The Balaban J connectivity index is 1.65. The molecule has 2 heterocycles. The lowest BCUT2D eigenvalue weighted by molar-refractivity contribution is 0.182. The molecule has 3 rings (SSSR count). The second-order valence-electron chi connectivity index (χ2n) is 5.34. The second-order valence-corrected chi connectivity index (χ2v) is 7.61. The van der Waals surface area contributed by atoms with Crippen LogP contribution in [-0.2, 0) is 10.0 Å². The summed E-state index contributed by atoms with van der Waals surface area (Å²) in [5, 5.41) is 0.0539. The molecule has 0 unspecified atom stereocenters. The number of nitrogens with zero attached hydrogens (tertiary/aromatic N) is 4. The summed E-state index contributed by atoms with van der Waals surface area (Å²) in [7, 11) is -3.49. The monoisotopic (exact) mass is 316 g/mol. The van der Waals surface area contributed by atoms with Crippen LogP contribution in [0, 0.1) is 5.92 Å². The maximum Gasteiger partial charge on any atom is 0.246 e. The topological polar surface area (TPSA) is 66.4 Å². The summed E-state index contributed by atoms with van der Waals surface area (Å²) in [4.78, 5) is 9.94. The van der Waals surface area contributed by atoms with Crippen molar-refractivity contribution < 1.29 is 8.42 Å². The van der Waals surface area contributed by atoms with Crippen molar-refractivity contribution >= 4 is 21.6 Å². The molecular weight excluding hydrogens is 300 g/mol. The van der Waals surface area contributed by atoms with Gasteiger partial charge in [-0.25, -0.2) is 18.4 Å². The SMILES string of the molecule is O=S(=O)(c1cnc(Cl)nc1)N1CCN(CC2CC2)CC1. The van der Waals surface area contributed by atoms with Gasteiger partial charge in [0, 0.05) is 32.7 Å². The van der Waals surface area contributed by atoms with E-state index in [4.69, 9.17) is 11.6 Å². The van der Waals surface area contributed by atoms with Crippen molar-refractivity contribution in [2.75, 3.05) is 32.7 Å². The van der Waals surface area contributed by atoms with Crippen LogP contribution in [0.5, 0.6) is 0 Å². The fourth-order valence-electron chi connectivity index (χ4n) is 2.40. The van der Waals surface area contributed by atoms with Crippen LogP contribution >= 0.6 is 11.6 Å². The first-order chi connectivity index (χ1) is 9.55. The summed E-state index contributed by atoms with van der Waals surface area (Å²) < 4.78 is 26.4. The summed E-state index contributed by atoms with van der Waals surface area (Å²) in [5.74, 6) is 0.836. The van der Waals surface area contributed by atoms with Gasteiger partial charge in [-0.3, -0.25) is 0 Å². The number of hydrogen-bond acceptors (Lipinski definition) is 5. The summed E-state index contributed by atoms with van der Waals surface area (Å²) in [6.07, 6.45) is 5.17. The Morgan fingerprint density at radius 2 is 1.75 bits per heavy atom. The highest BCUT2D eigenvalue weighted by Crippen LogP contribution is 2.30. The van der Waals surface area contributed by atoms with Crippen LogP contribution in [0.25, 0.3) is 0 Å². The van der Waals surface area contributed by atoms with E-state index in [-0.39, 0.29) is 10.2 Å². The summed E-state index contributed by atoms with van der Waals surface area (Å²) >= 11 is 5.58. The van der Waals surface area contributed by atoms with Crippen molar-refractivity contribution in [2.24, 2.45) is 5.92 Å². The minimum Gasteiger partial charge on any atom is -0.300 e. The summed E-state index contributed by atoms with van der Waals surface area (Å²) in [6.45, 7) is 3.75. The Hall–Kier alpha value is -0.760. The van der Waals surface area contributed by atoms with Gasteiger partial charge in [0.1, 0.15) is 4.90 Å². The molecule has 0 bridgehead atoms. The lowest BCUT2D eigenvalue weighted by Crippen LogP contribution is -2.49. The van der Waals surface area contributed by atoms with E-state index in [1.807, 2.05) is 0 Å². The highest BCUT2D eigenvalue weighted by atomic mass is 35.5. The molecule has 1 aromatic heterocycles. The van der Waals surface area contributed by atoms with Gasteiger partial charge in [-0.15, -0.1) is 0 Å². The number of aromatic nitrogens is 2. The van der Waals surface area contributed by atoms with Crippen molar-refractivity contribution in [3.05, 3.63) is 17.7 Å². The number of halogens is 1. The molecule has 2 fully saturated rings. The molecule has 0 amide bonds. The van der Waals surface area contributed by atoms with E-state index in [0.717, 1.165) is 25.6 Å². The molecule has 0 radical (unpaired) electrons. The molecule has 2 aliphatic rings. The smallest absolute Gasteiger partial charge is 0.246 e. The summed E-state index contributed by atoms with van der Waals surface area (Å²) in [6, 6.07) is 0. The predicted molar refractivity (Wildman–Crippen MR) is 75.0 cm³/mol. The van der Waals surface area contributed by atoms with Crippen LogP contribution in [0.1, 0.15) is 12.8 Å². The Morgan fingerprint density at radius 3 is 2.30 bits per heavy atom. The zero-order chi connectivity index (χ0) is 14.2. The van der Waals surface area contributed by atoms with Gasteiger partial charge >= 0.3 is 0 Å². The minimum absolute atomic E-state index is 0.0539. The first kappa shape index (κ1) is 14.2. The second kappa shape index (κ2) is 5.55. The molecule has 1 aliphatic carbocycles. The number of hydrogen-bond donors (Lipinski definition) is 0. The van der Waals surface area contributed by atoms with Gasteiger partial charge in [-0.2, -0.15) is 4.31 Å². The average molecular weight is 317 g/mol. The number of sulfonamides is 1. The Labute approximate surface area is 123 Å². The van der Waals surface area contributed by atoms with E-state index in [2.05, 4.69) is 14.9 Å². The summed E-state index contributed by atoms with van der Waals surface area (Å²) in [5.41, 5.74) is 0. The van der Waals surface area contributed by atoms with Gasteiger partial charge in [0.2, 0.25) is 15.3 Å². The third kappa shape index (κ3) is 3.11. The van der Waals surface area contributed by atoms with Crippen molar-refractivity contribution in [1.29, 1.82) is 0 Å². The van der Waals surface area contributed by atoms with Crippen LogP contribution in [-0.4, -0.2) is 60.3 Å². The van der Waals surface area contributed by atoms with E-state index in [1.165, 1.54) is 29.5 Å². The number of piperazine rings is 1. The maximum absolute atomic E-state index is 12.4. The molecule has 0 atom stereocenters. The predicted octanol–water partition coefficient (Wildman–Crippen LogP) is 0.846. The molecule has 1 saturated heterocycles. The quantitative estimate of drug-likeness (QED) is 0.770. The van der Waals surface area contributed by atoms with Crippen LogP contribution in [0.3, 0.4) is 0 Å². The van der Waals surface area contributed by atoms with Crippen LogP contribution in [0.15, 0.2) is 17.3 Å². The molecule has 1 aromatic rings. The fraction of sp³-hybridized carbons (Fsp3) is 0.667. The molecule has 110 valence electrons. The van der Waals surface area contributed by atoms with Crippen molar-refractivity contribution in [1.82, 2.24) is 19.2 Å². The Bertz CT molecular complexity index is 566. The fourth-order valence-corrected chi connectivity index (χ4v) is 3.81. The lowest BCUT2D eigenvalue weighted by Gasteiger charge is -2.33. The third-order valence-corrected chi connectivity index (χ3v) is 5.83. The Kier molecular flexibility index (Phi) is 3.94. The molecule has 0 aromatic carbocycles. The van der Waals surface area contributed by atoms with E-state index >= 15 is 0 Å². The molecule has 1 saturated carbocycles. The third-order valence-electron chi connectivity index (χ3n) is 3.78. The molecular formula is C12H17ClN4O2S. The molecule has 6 nitrogen and oxygen atoms in total. The van der Waals surface area contributed by atoms with Gasteiger partial charge < -0.3 is 4.90 Å². The van der Waals surface area contributed by atoms with Crippen LogP contribution in [0.4, 0.5) is 0 Å². The van der Waals surface area contributed by atoms with Crippen LogP contribution in [0.2, 0.25) is 5.28 Å². The van der Waals surface area contributed by atoms with Gasteiger partial charge in [-0.1, -0.05) is 0 Å². The highest BCUT2D eigenvalue weighted by Gasteiger charge is 2.31. The van der Waals surface area contributed by atoms with E-state index < -0.39 is 10.0 Å². The lowest BCUT2D eigenvalue weighted by atomic mass is 10.3. The van der Waals surface area contributed by atoms with E-state index in [1.54, 1.807) is 0 Å². The van der Waals surface area contributed by atoms with E-state index in [0.29, 0.717) is 13.1 Å². The molecule has 1 aliphatic heterocycles. The van der Waals surface area contributed by atoms with Gasteiger partial charge in [0.25, 0.3) is 0 Å². The van der Waals surface area contributed by atoms with Gasteiger partial charge in [0.05, 0.1) is 12.4 Å². The van der Waals surface area contributed by atoms with Crippen molar-refractivity contribution in [3.8, 4) is 0 Å². The molecule has 20 heavy (non-hydrogen) atoms. The van der Waals surface area contributed by atoms with Gasteiger partial charge in [-0.05, 0) is 30.4 Å². The number of rotatable bonds is 4. The zero-order valence-corrected chi connectivity index (χ0v) is 12.6. The van der Waals surface area contributed by atoms with Crippen molar-refractivity contribution in [2.45, 2.75) is 17.7 Å². The minimum atomic E-state index is -3.49. The standard InChI is InChI=1S/C12H17ClN4O2S/c13-12-14-7-11(8-15-12)20(18,19)17-5-3-16(4-6-17)9-10-1-2-10/h7-8,10H,1-6,9H2. The van der Waals surface area contributed by atoms with Gasteiger partial charge in [0.15, 0.2) is 0 Å². The first-order valence-corrected chi connectivity index (χ1v) is 8.57. The van der Waals surface area contributed by atoms with Crippen LogP contribution < -0.4 is 0 Å². The van der Waals surface area contributed by atoms with E-state index in [9.17, 15) is 8.42 Å². The molecule has 0 spiro atoms. The zero-order valence-electron chi connectivity index (χ0n) is 11.1. The first-order valence-electron chi connectivity index (χ1n) is 6.76. The molecule has 8 heteroatoms. The Morgan fingerprint density at radius 1 is 1.15 bits per heavy atom. The molecule has 0 N–H and O–H groups in total. The maximum atomic E-state index is 12.4. The average Bonchev–Trinajstić information content (AvgIpc) is 3.24. The van der Waals surface area contributed by atoms with Crippen molar-refractivity contribution in [3.63, 3.8) is 0 Å². The highest BCUT2D eigenvalue weighted by molar-refractivity contribution is 7.89. The largest absolute Gasteiger partial charge is 0.300 e.